The first-order valence-corrected chi connectivity index (χ1v) is 12.1. The van der Waals surface area contributed by atoms with Gasteiger partial charge in [-0.2, -0.15) is 0 Å². The van der Waals surface area contributed by atoms with Gasteiger partial charge in [-0.1, -0.05) is 26.2 Å². The van der Waals surface area contributed by atoms with Crippen molar-refractivity contribution in [2.75, 3.05) is 13.6 Å². The highest BCUT2D eigenvalue weighted by Gasteiger charge is 2.20. The summed E-state index contributed by atoms with van der Waals surface area (Å²) in [6.07, 6.45) is 8.15. The highest BCUT2D eigenvalue weighted by molar-refractivity contribution is 7.89. The Hall–Kier alpha value is -1.93. The molecule has 1 heterocycles. The summed E-state index contributed by atoms with van der Waals surface area (Å²) in [6.45, 7) is 3.69. The molecule has 0 saturated heterocycles. The van der Waals surface area contributed by atoms with E-state index >= 15 is 0 Å². The van der Waals surface area contributed by atoms with Gasteiger partial charge in [0.05, 0.1) is 15.9 Å². The monoisotopic (exact) mass is 420 g/mol. The van der Waals surface area contributed by atoms with Gasteiger partial charge in [0.2, 0.25) is 15.9 Å². The lowest BCUT2D eigenvalue weighted by Crippen LogP contribution is -2.32. The van der Waals surface area contributed by atoms with Crippen molar-refractivity contribution in [1.82, 2.24) is 14.5 Å². The van der Waals surface area contributed by atoms with Crippen molar-refractivity contribution in [3.63, 3.8) is 0 Å². The van der Waals surface area contributed by atoms with E-state index in [1.165, 1.54) is 44.2 Å². The van der Waals surface area contributed by atoms with Gasteiger partial charge in [0, 0.05) is 33.0 Å². The van der Waals surface area contributed by atoms with Gasteiger partial charge in [0.1, 0.15) is 5.82 Å². The molecule has 2 aromatic rings. The molecule has 0 bridgehead atoms. The number of sulfonamides is 1. The van der Waals surface area contributed by atoms with E-state index in [4.69, 9.17) is 5.14 Å². The molecule has 3 rings (SSSR count). The molecule has 1 aliphatic carbocycles. The third-order valence-electron chi connectivity index (χ3n) is 5.82. The Labute approximate surface area is 173 Å². The van der Waals surface area contributed by atoms with Crippen molar-refractivity contribution in [1.29, 1.82) is 0 Å². The largest absolute Gasteiger partial charge is 0.345 e. The Morgan fingerprint density at radius 1 is 1.28 bits per heavy atom. The molecule has 0 radical (unpaired) electrons. The van der Waals surface area contributed by atoms with Gasteiger partial charge in [-0.05, 0) is 43.4 Å². The van der Waals surface area contributed by atoms with Gasteiger partial charge in [0.25, 0.3) is 0 Å². The second kappa shape index (κ2) is 9.26. The molecule has 7 nitrogen and oxygen atoms in total. The van der Waals surface area contributed by atoms with Gasteiger partial charge in [0.15, 0.2) is 0 Å². The topological polar surface area (TPSA) is 98.3 Å². The smallest absolute Gasteiger partial charge is 0.238 e. The zero-order chi connectivity index (χ0) is 21.0. The van der Waals surface area contributed by atoms with Crippen LogP contribution in [-0.2, 0) is 27.8 Å². The molecule has 0 atom stereocenters. The second-order valence-corrected chi connectivity index (χ2v) is 9.71. The van der Waals surface area contributed by atoms with Crippen molar-refractivity contribution in [3.05, 3.63) is 24.0 Å². The molecule has 1 aromatic carbocycles. The first-order valence-electron chi connectivity index (χ1n) is 10.6. The summed E-state index contributed by atoms with van der Waals surface area (Å²) in [4.78, 5) is 19.2. The van der Waals surface area contributed by atoms with Crippen LogP contribution in [0.4, 0.5) is 0 Å². The van der Waals surface area contributed by atoms with Crippen molar-refractivity contribution in [2.24, 2.45) is 11.1 Å². The van der Waals surface area contributed by atoms with Crippen molar-refractivity contribution in [2.45, 2.75) is 69.7 Å². The number of aryl methyl sites for hydroxylation is 2. The van der Waals surface area contributed by atoms with Crippen LogP contribution in [0.25, 0.3) is 11.0 Å². The fraction of sp³-hybridized carbons (Fsp3) is 0.619. The summed E-state index contributed by atoms with van der Waals surface area (Å²) in [5, 5.41) is 5.25. The summed E-state index contributed by atoms with van der Waals surface area (Å²) in [5.74, 6) is 1.57. The molecule has 1 saturated carbocycles. The van der Waals surface area contributed by atoms with Crippen LogP contribution < -0.4 is 5.14 Å². The van der Waals surface area contributed by atoms with Gasteiger partial charge in [-0.3, -0.25) is 4.79 Å². The standard InChI is InChI=1S/C21H32N4O3S/c1-3-13-25-19-10-9-17(29(22,27)28)14-18(19)23-20(25)11-12-21(26)24(2)15-16-7-5-4-6-8-16/h9-10,14,16H,3-8,11-13,15H2,1-2H3,(H2,22,27,28). The van der Waals surface area contributed by atoms with E-state index in [1.807, 2.05) is 11.9 Å². The normalized spacial score (nSPS) is 15.7. The zero-order valence-electron chi connectivity index (χ0n) is 17.4. The molecular formula is C21H32N4O3S. The minimum absolute atomic E-state index is 0.0565. The van der Waals surface area contributed by atoms with Gasteiger partial charge < -0.3 is 9.47 Å². The number of hydrogen-bond acceptors (Lipinski definition) is 4. The molecule has 8 heteroatoms. The average Bonchev–Trinajstić information content (AvgIpc) is 3.03. The molecule has 160 valence electrons. The predicted octanol–water partition coefficient (Wildman–Crippen LogP) is 3.07. The maximum atomic E-state index is 12.7. The molecule has 1 aromatic heterocycles. The van der Waals surface area contributed by atoms with Crippen LogP contribution >= 0.6 is 0 Å². The van der Waals surface area contributed by atoms with Gasteiger partial charge in [-0.15, -0.1) is 0 Å². The molecule has 1 fully saturated rings. The quantitative estimate of drug-likeness (QED) is 0.709. The lowest BCUT2D eigenvalue weighted by molar-refractivity contribution is -0.130. The summed E-state index contributed by atoms with van der Waals surface area (Å²) >= 11 is 0. The average molecular weight is 421 g/mol. The molecule has 0 aliphatic heterocycles. The third kappa shape index (κ3) is 5.36. The molecule has 1 amide bonds. The van der Waals surface area contributed by atoms with E-state index in [2.05, 4.69) is 16.5 Å². The molecule has 0 unspecified atom stereocenters. The number of carbonyl (C=O) groups is 1. The first-order chi connectivity index (χ1) is 13.8. The number of hydrogen-bond donors (Lipinski definition) is 1. The van der Waals surface area contributed by atoms with Crippen LogP contribution in [0.1, 0.15) is 57.7 Å². The lowest BCUT2D eigenvalue weighted by Gasteiger charge is -2.27. The molecular weight excluding hydrogens is 388 g/mol. The van der Waals surface area contributed by atoms with Crippen LogP contribution in [-0.4, -0.2) is 42.4 Å². The van der Waals surface area contributed by atoms with E-state index in [9.17, 15) is 13.2 Å². The number of benzene rings is 1. The number of carbonyl (C=O) groups excluding carboxylic acids is 1. The maximum Gasteiger partial charge on any atom is 0.238 e. The number of amides is 1. The second-order valence-electron chi connectivity index (χ2n) is 8.15. The summed E-state index contributed by atoms with van der Waals surface area (Å²) in [5.41, 5.74) is 1.47. The third-order valence-corrected chi connectivity index (χ3v) is 6.73. The molecule has 0 spiro atoms. The highest BCUT2D eigenvalue weighted by Crippen LogP contribution is 2.25. The van der Waals surface area contributed by atoms with Crippen LogP contribution in [0, 0.1) is 5.92 Å². The van der Waals surface area contributed by atoms with Gasteiger partial charge in [-0.25, -0.2) is 18.5 Å². The van der Waals surface area contributed by atoms with Crippen LogP contribution in [0.3, 0.4) is 0 Å². The Balaban J connectivity index is 1.72. The number of nitrogens with zero attached hydrogens (tertiary/aromatic N) is 3. The first kappa shape index (κ1) is 21.8. The number of primary sulfonamides is 1. The Morgan fingerprint density at radius 3 is 2.66 bits per heavy atom. The van der Waals surface area contributed by atoms with E-state index in [1.54, 1.807) is 6.07 Å². The number of aromatic nitrogens is 2. The lowest BCUT2D eigenvalue weighted by atomic mass is 9.89. The molecule has 1 aliphatic rings. The molecule has 29 heavy (non-hydrogen) atoms. The maximum absolute atomic E-state index is 12.7. The number of fused-ring (bicyclic) bond motifs is 1. The highest BCUT2D eigenvalue weighted by atomic mass is 32.2. The summed E-state index contributed by atoms with van der Waals surface area (Å²) in [7, 11) is -1.88. The van der Waals surface area contributed by atoms with Crippen LogP contribution in [0.2, 0.25) is 0 Å². The van der Waals surface area contributed by atoms with Crippen molar-refractivity contribution >= 4 is 27.0 Å². The Morgan fingerprint density at radius 2 is 2.00 bits per heavy atom. The van der Waals surface area contributed by atoms with Gasteiger partial charge >= 0.3 is 0 Å². The fourth-order valence-corrected chi connectivity index (χ4v) is 4.80. The van der Waals surface area contributed by atoms with Crippen molar-refractivity contribution < 1.29 is 13.2 Å². The summed E-state index contributed by atoms with van der Waals surface area (Å²) in [6, 6.07) is 4.77. The predicted molar refractivity (Wildman–Crippen MR) is 114 cm³/mol. The van der Waals surface area contributed by atoms with Crippen molar-refractivity contribution in [3.8, 4) is 0 Å². The Bertz CT molecular complexity index is 962. The number of nitrogens with two attached hydrogens (primary N) is 1. The minimum Gasteiger partial charge on any atom is -0.345 e. The molecule has 2 N–H and O–H groups in total. The van der Waals surface area contributed by atoms with E-state index < -0.39 is 10.0 Å². The van der Waals surface area contributed by atoms with Crippen LogP contribution in [0.15, 0.2) is 23.1 Å². The fourth-order valence-electron chi connectivity index (χ4n) is 4.27. The van der Waals surface area contributed by atoms with E-state index in [0.717, 1.165) is 30.9 Å². The van der Waals surface area contributed by atoms with E-state index in [0.29, 0.717) is 24.3 Å². The van der Waals surface area contributed by atoms with Crippen LogP contribution in [0.5, 0.6) is 0 Å². The minimum atomic E-state index is -3.77. The SMILES string of the molecule is CCCn1c(CCC(=O)N(C)CC2CCCCC2)nc2cc(S(N)(=O)=O)ccc21. The zero-order valence-corrected chi connectivity index (χ0v) is 18.2. The summed E-state index contributed by atoms with van der Waals surface area (Å²) < 4.78 is 25.4. The Kier molecular flexibility index (Phi) is 6.95. The van der Waals surface area contributed by atoms with E-state index in [-0.39, 0.29) is 10.8 Å². The number of rotatable bonds is 8. The number of imidazole rings is 1.